The minimum Gasteiger partial charge on any atom is -0.330 e. The van der Waals surface area contributed by atoms with Crippen LogP contribution in [0.3, 0.4) is 0 Å². The Kier molecular flexibility index (Phi) is 5.04. The van der Waals surface area contributed by atoms with E-state index in [1.54, 1.807) is 0 Å². The predicted molar refractivity (Wildman–Crippen MR) is 88.5 cm³/mol. The average molecular weight is 288 g/mol. The van der Waals surface area contributed by atoms with E-state index >= 15 is 0 Å². The molecule has 0 bridgehead atoms. The highest BCUT2D eigenvalue weighted by Crippen LogP contribution is 2.38. The molecule has 0 radical (unpaired) electrons. The Labute approximate surface area is 128 Å². The number of amides is 1. The monoisotopic (exact) mass is 288 g/mol. The van der Waals surface area contributed by atoms with Crippen molar-refractivity contribution in [2.24, 2.45) is 11.1 Å². The van der Waals surface area contributed by atoms with Crippen molar-refractivity contribution in [2.75, 3.05) is 11.9 Å². The smallest absolute Gasteiger partial charge is 0.224 e. The maximum Gasteiger partial charge on any atom is 0.224 e. The number of hydrogen-bond donors (Lipinski definition) is 2. The van der Waals surface area contributed by atoms with Crippen LogP contribution in [0.2, 0.25) is 0 Å². The molecule has 21 heavy (non-hydrogen) atoms. The lowest BCUT2D eigenvalue weighted by molar-refractivity contribution is -0.118. The second-order valence-corrected chi connectivity index (χ2v) is 6.76. The molecule has 1 aliphatic rings. The van der Waals surface area contributed by atoms with Gasteiger partial charge in [-0.15, -0.1) is 0 Å². The average Bonchev–Trinajstić information content (AvgIpc) is 2.44. The molecular formula is C18H28N2O. The van der Waals surface area contributed by atoms with Crippen molar-refractivity contribution < 1.29 is 4.79 Å². The summed E-state index contributed by atoms with van der Waals surface area (Å²) in [7, 11) is 0. The fourth-order valence-electron chi connectivity index (χ4n) is 3.66. The Balaban J connectivity index is 2.08. The molecule has 1 fully saturated rings. The molecule has 0 unspecified atom stereocenters. The summed E-state index contributed by atoms with van der Waals surface area (Å²) in [6.07, 6.45) is 6.40. The van der Waals surface area contributed by atoms with Crippen LogP contribution in [0.5, 0.6) is 0 Å². The van der Waals surface area contributed by atoms with Crippen LogP contribution >= 0.6 is 0 Å². The van der Waals surface area contributed by atoms with Crippen molar-refractivity contribution in [3.63, 3.8) is 0 Å². The molecule has 1 saturated carbocycles. The molecule has 3 N–H and O–H groups in total. The fourth-order valence-corrected chi connectivity index (χ4v) is 3.66. The van der Waals surface area contributed by atoms with Gasteiger partial charge in [0.2, 0.25) is 5.91 Å². The Hall–Kier alpha value is -1.35. The summed E-state index contributed by atoms with van der Waals surface area (Å²) in [4.78, 5) is 12.5. The van der Waals surface area contributed by atoms with Crippen LogP contribution in [0.4, 0.5) is 5.69 Å². The Morgan fingerprint density at radius 3 is 2.24 bits per heavy atom. The molecule has 1 amide bonds. The highest BCUT2D eigenvalue weighted by molar-refractivity contribution is 5.92. The van der Waals surface area contributed by atoms with Gasteiger partial charge in [-0.05, 0) is 56.7 Å². The van der Waals surface area contributed by atoms with E-state index in [2.05, 4.69) is 38.2 Å². The summed E-state index contributed by atoms with van der Waals surface area (Å²) in [5.74, 6) is 0.109. The normalized spacial score (nSPS) is 17.5. The van der Waals surface area contributed by atoms with E-state index in [1.807, 2.05) is 0 Å². The SMILES string of the molecule is Cc1cc(C)c(NC(=O)CC2(CN)CCCCC2)c(C)c1. The number of nitrogens with two attached hydrogens (primary N) is 1. The molecule has 3 heteroatoms. The number of anilines is 1. The summed E-state index contributed by atoms with van der Waals surface area (Å²) in [6, 6.07) is 4.23. The second-order valence-electron chi connectivity index (χ2n) is 6.76. The topological polar surface area (TPSA) is 55.1 Å². The summed E-state index contributed by atoms with van der Waals surface area (Å²) in [5.41, 5.74) is 10.5. The summed E-state index contributed by atoms with van der Waals surface area (Å²) >= 11 is 0. The highest BCUT2D eigenvalue weighted by atomic mass is 16.1. The number of hydrogen-bond acceptors (Lipinski definition) is 2. The van der Waals surface area contributed by atoms with E-state index in [-0.39, 0.29) is 11.3 Å². The molecule has 1 aliphatic carbocycles. The quantitative estimate of drug-likeness (QED) is 0.884. The first-order chi connectivity index (χ1) is 9.96. The summed E-state index contributed by atoms with van der Waals surface area (Å²) < 4.78 is 0. The van der Waals surface area contributed by atoms with Gasteiger partial charge in [-0.1, -0.05) is 37.0 Å². The molecule has 3 nitrogen and oxygen atoms in total. The molecule has 1 aromatic rings. The molecule has 116 valence electrons. The molecule has 0 saturated heterocycles. The van der Waals surface area contributed by atoms with Gasteiger partial charge in [-0.3, -0.25) is 4.79 Å². The van der Waals surface area contributed by atoms with E-state index in [1.165, 1.54) is 24.8 Å². The third-order valence-corrected chi connectivity index (χ3v) is 4.82. The van der Waals surface area contributed by atoms with Gasteiger partial charge in [0.05, 0.1) is 0 Å². The summed E-state index contributed by atoms with van der Waals surface area (Å²) in [6.45, 7) is 6.80. The molecular weight excluding hydrogens is 260 g/mol. The van der Waals surface area contributed by atoms with Gasteiger partial charge >= 0.3 is 0 Å². The lowest BCUT2D eigenvalue weighted by Gasteiger charge is -2.35. The molecule has 0 aromatic heterocycles. The summed E-state index contributed by atoms with van der Waals surface area (Å²) in [5, 5.41) is 3.12. The van der Waals surface area contributed by atoms with Gasteiger partial charge in [0.25, 0.3) is 0 Å². The number of carbonyl (C=O) groups is 1. The van der Waals surface area contributed by atoms with Gasteiger partial charge in [-0.2, -0.15) is 0 Å². The van der Waals surface area contributed by atoms with Crippen LogP contribution in [-0.2, 0) is 4.79 Å². The Morgan fingerprint density at radius 1 is 1.14 bits per heavy atom. The zero-order chi connectivity index (χ0) is 15.5. The van der Waals surface area contributed by atoms with Crippen LogP contribution in [0.15, 0.2) is 12.1 Å². The van der Waals surface area contributed by atoms with Crippen LogP contribution < -0.4 is 11.1 Å². The third kappa shape index (κ3) is 3.85. The standard InChI is InChI=1S/C18H28N2O/c1-13-9-14(2)17(15(3)10-13)20-16(21)11-18(12-19)7-5-4-6-8-18/h9-10H,4-8,11-12,19H2,1-3H3,(H,20,21). The maximum atomic E-state index is 12.5. The maximum absolute atomic E-state index is 12.5. The first-order valence-electron chi connectivity index (χ1n) is 8.03. The molecule has 0 aliphatic heterocycles. The van der Waals surface area contributed by atoms with Crippen LogP contribution in [0, 0.1) is 26.2 Å². The van der Waals surface area contributed by atoms with Crippen molar-refractivity contribution in [1.82, 2.24) is 0 Å². The number of aryl methyl sites for hydroxylation is 3. The Morgan fingerprint density at radius 2 is 1.71 bits per heavy atom. The molecule has 0 atom stereocenters. The molecule has 2 rings (SSSR count). The number of rotatable bonds is 4. The van der Waals surface area contributed by atoms with Crippen molar-refractivity contribution in [3.8, 4) is 0 Å². The third-order valence-electron chi connectivity index (χ3n) is 4.82. The van der Waals surface area contributed by atoms with Gasteiger partial charge in [0, 0.05) is 12.1 Å². The van der Waals surface area contributed by atoms with Crippen molar-refractivity contribution in [1.29, 1.82) is 0 Å². The number of benzene rings is 1. The van der Waals surface area contributed by atoms with E-state index in [9.17, 15) is 4.79 Å². The van der Waals surface area contributed by atoms with Crippen molar-refractivity contribution in [2.45, 2.75) is 59.3 Å². The lowest BCUT2D eigenvalue weighted by Crippen LogP contribution is -2.36. The van der Waals surface area contributed by atoms with Gasteiger partial charge < -0.3 is 11.1 Å². The lowest BCUT2D eigenvalue weighted by atomic mass is 9.71. The molecule has 1 aromatic carbocycles. The van der Waals surface area contributed by atoms with Crippen LogP contribution in [0.25, 0.3) is 0 Å². The first kappa shape index (κ1) is 16.0. The fraction of sp³-hybridized carbons (Fsp3) is 0.611. The van der Waals surface area contributed by atoms with E-state index < -0.39 is 0 Å². The van der Waals surface area contributed by atoms with Gasteiger partial charge in [-0.25, -0.2) is 0 Å². The van der Waals surface area contributed by atoms with Crippen molar-refractivity contribution >= 4 is 11.6 Å². The van der Waals surface area contributed by atoms with Crippen LogP contribution in [-0.4, -0.2) is 12.5 Å². The zero-order valence-electron chi connectivity index (χ0n) is 13.6. The van der Waals surface area contributed by atoms with E-state index in [0.717, 1.165) is 29.7 Å². The minimum absolute atomic E-state index is 0.0227. The van der Waals surface area contributed by atoms with Gasteiger partial charge in [0.15, 0.2) is 0 Å². The van der Waals surface area contributed by atoms with Crippen LogP contribution in [0.1, 0.15) is 55.2 Å². The second kappa shape index (κ2) is 6.61. The minimum atomic E-state index is 0.0227. The Bertz CT molecular complexity index is 493. The number of nitrogens with one attached hydrogen (secondary N) is 1. The highest BCUT2D eigenvalue weighted by Gasteiger charge is 2.33. The molecule has 0 heterocycles. The van der Waals surface area contributed by atoms with E-state index in [0.29, 0.717) is 13.0 Å². The number of carbonyl (C=O) groups excluding carboxylic acids is 1. The first-order valence-corrected chi connectivity index (χ1v) is 8.03. The van der Waals surface area contributed by atoms with Crippen molar-refractivity contribution in [3.05, 3.63) is 28.8 Å². The zero-order valence-corrected chi connectivity index (χ0v) is 13.6. The molecule has 0 spiro atoms. The predicted octanol–water partition coefficient (Wildman–Crippen LogP) is 3.85. The van der Waals surface area contributed by atoms with E-state index in [4.69, 9.17) is 5.73 Å². The largest absolute Gasteiger partial charge is 0.330 e. The van der Waals surface area contributed by atoms with Gasteiger partial charge in [0.1, 0.15) is 0 Å².